The van der Waals surface area contributed by atoms with Gasteiger partial charge in [0.25, 0.3) is 5.91 Å². The Morgan fingerprint density at radius 3 is 2.67 bits per heavy atom. The maximum Gasteiger partial charge on any atom is 0.297 e. The zero-order valence-electron chi connectivity index (χ0n) is 18.4. The second-order valence-corrected chi connectivity index (χ2v) is 10.7. The van der Waals surface area contributed by atoms with Crippen molar-refractivity contribution in [1.29, 1.82) is 0 Å². The molecule has 6 rings (SSSR count). The molecule has 10 heteroatoms. The van der Waals surface area contributed by atoms with Crippen LogP contribution in [0.2, 0.25) is 5.02 Å². The second kappa shape index (κ2) is 9.09. The van der Waals surface area contributed by atoms with Crippen molar-refractivity contribution in [3.63, 3.8) is 0 Å². The molecule has 1 aliphatic rings. The second-order valence-electron chi connectivity index (χ2n) is 8.11. The third-order valence-electron chi connectivity index (χ3n) is 5.83. The number of phenolic OH excluding ortho intramolecular Hbond substituents is 1. The molecule has 178 valence electrons. The van der Waals surface area contributed by atoms with E-state index in [1.807, 2.05) is 30.3 Å². The minimum absolute atomic E-state index is 0.0120. The lowest BCUT2D eigenvalue weighted by Gasteiger charge is -2.22. The monoisotopic (exact) mass is 533 g/mol. The summed E-state index contributed by atoms with van der Waals surface area (Å²) in [6.45, 7) is 0. The number of aromatic hydroxyl groups is 1. The highest BCUT2D eigenvalue weighted by Gasteiger charge is 2.45. The molecule has 0 fully saturated rings. The fourth-order valence-corrected chi connectivity index (χ4v) is 6.23. The Bertz CT molecular complexity index is 1690. The van der Waals surface area contributed by atoms with Gasteiger partial charge in [-0.3, -0.25) is 14.5 Å². The third kappa shape index (κ3) is 3.95. The predicted octanol–water partition coefficient (Wildman–Crippen LogP) is 6.05. The first-order valence-corrected chi connectivity index (χ1v) is 13.1. The molecule has 0 bridgehead atoms. The number of amides is 1. The van der Waals surface area contributed by atoms with E-state index in [0.717, 1.165) is 5.56 Å². The van der Waals surface area contributed by atoms with Gasteiger partial charge in [-0.15, -0.1) is 10.2 Å². The number of anilines is 1. The third-order valence-corrected chi connectivity index (χ3v) is 8.19. The minimum Gasteiger partial charge on any atom is -0.508 e. The number of benzene rings is 3. The van der Waals surface area contributed by atoms with E-state index in [0.29, 0.717) is 25.8 Å². The van der Waals surface area contributed by atoms with E-state index in [-0.39, 0.29) is 33.5 Å². The highest BCUT2D eigenvalue weighted by Crippen LogP contribution is 2.43. The summed E-state index contributed by atoms with van der Waals surface area (Å²) in [5.41, 5.74) is 1.77. The van der Waals surface area contributed by atoms with Crippen LogP contribution in [0, 0.1) is 0 Å². The van der Waals surface area contributed by atoms with E-state index >= 15 is 0 Å². The van der Waals surface area contributed by atoms with Crippen LogP contribution >= 0.6 is 34.7 Å². The van der Waals surface area contributed by atoms with Crippen molar-refractivity contribution in [3.05, 3.63) is 110 Å². The molecule has 0 aliphatic carbocycles. The van der Waals surface area contributed by atoms with E-state index in [2.05, 4.69) is 10.2 Å². The van der Waals surface area contributed by atoms with Gasteiger partial charge >= 0.3 is 0 Å². The number of fused-ring (bicyclic) bond motifs is 2. The van der Waals surface area contributed by atoms with Crippen molar-refractivity contribution < 1.29 is 14.3 Å². The van der Waals surface area contributed by atoms with Gasteiger partial charge in [-0.05, 0) is 41.5 Å². The number of rotatable bonds is 5. The number of phenols is 1. The number of carbonyl (C=O) groups excluding carboxylic acids is 1. The molecule has 1 atom stereocenters. The molecule has 3 heterocycles. The number of halogens is 1. The molecule has 0 saturated carbocycles. The summed E-state index contributed by atoms with van der Waals surface area (Å²) in [5.74, 6) is 0.157. The number of carbonyl (C=O) groups is 1. The van der Waals surface area contributed by atoms with Gasteiger partial charge in [0, 0.05) is 10.8 Å². The van der Waals surface area contributed by atoms with Gasteiger partial charge in [0.05, 0.1) is 17.0 Å². The first kappa shape index (κ1) is 22.8. The van der Waals surface area contributed by atoms with Crippen LogP contribution in [0.5, 0.6) is 5.75 Å². The maximum atomic E-state index is 13.7. The van der Waals surface area contributed by atoms with Crippen molar-refractivity contribution in [2.45, 2.75) is 16.1 Å². The molecule has 0 saturated heterocycles. The molecule has 36 heavy (non-hydrogen) atoms. The number of hydrogen-bond acceptors (Lipinski definition) is 8. The molecular weight excluding hydrogens is 518 g/mol. The van der Waals surface area contributed by atoms with Crippen LogP contribution in [0.4, 0.5) is 5.13 Å². The number of aromatic nitrogens is 2. The van der Waals surface area contributed by atoms with Crippen molar-refractivity contribution in [2.24, 2.45) is 0 Å². The van der Waals surface area contributed by atoms with Gasteiger partial charge in [-0.1, -0.05) is 77.2 Å². The molecule has 1 unspecified atom stereocenters. The normalized spacial score (nSPS) is 15.0. The fraction of sp³-hybridized carbons (Fsp3) is 0.0769. The highest BCUT2D eigenvalue weighted by atomic mass is 35.5. The highest BCUT2D eigenvalue weighted by molar-refractivity contribution is 8.00. The Labute approximate surface area is 218 Å². The van der Waals surface area contributed by atoms with Gasteiger partial charge in [-0.25, -0.2) is 0 Å². The molecule has 0 spiro atoms. The van der Waals surface area contributed by atoms with Crippen LogP contribution in [0.1, 0.15) is 33.3 Å². The quantitative estimate of drug-likeness (QED) is 0.217. The van der Waals surface area contributed by atoms with E-state index in [1.54, 1.807) is 24.3 Å². The summed E-state index contributed by atoms with van der Waals surface area (Å²) in [7, 11) is 0. The van der Waals surface area contributed by atoms with Crippen LogP contribution in [-0.4, -0.2) is 21.2 Å². The van der Waals surface area contributed by atoms with Gasteiger partial charge in [0.2, 0.25) is 10.9 Å². The maximum absolute atomic E-state index is 13.7. The number of nitrogens with zero attached hydrogens (tertiary/aromatic N) is 3. The zero-order valence-corrected chi connectivity index (χ0v) is 20.8. The Morgan fingerprint density at radius 1 is 1.03 bits per heavy atom. The fourth-order valence-electron chi connectivity index (χ4n) is 4.23. The Hall–Kier alpha value is -3.66. The Kier molecular flexibility index (Phi) is 5.75. The Balaban J connectivity index is 1.46. The van der Waals surface area contributed by atoms with Gasteiger partial charge in [-0.2, -0.15) is 0 Å². The van der Waals surface area contributed by atoms with Crippen molar-refractivity contribution in [1.82, 2.24) is 10.2 Å². The summed E-state index contributed by atoms with van der Waals surface area (Å²) < 4.78 is 6.62. The summed E-state index contributed by atoms with van der Waals surface area (Å²) in [6.07, 6.45) is 0. The van der Waals surface area contributed by atoms with Crippen LogP contribution in [0.15, 0.2) is 86.3 Å². The summed E-state index contributed by atoms with van der Waals surface area (Å²) in [5, 5.41) is 19.7. The topological polar surface area (TPSA) is 96.5 Å². The molecule has 3 aromatic carbocycles. The molecule has 1 N–H and O–H groups in total. The average molecular weight is 534 g/mol. The van der Waals surface area contributed by atoms with E-state index in [9.17, 15) is 14.7 Å². The van der Waals surface area contributed by atoms with Gasteiger partial charge in [0.15, 0.2) is 9.77 Å². The summed E-state index contributed by atoms with van der Waals surface area (Å²) in [6, 6.07) is 20.3. The largest absolute Gasteiger partial charge is 0.508 e. The van der Waals surface area contributed by atoms with E-state index in [4.69, 9.17) is 16.0 Å². The lowest BCUT2D eigenvalue weighted by atomic mass is 9.98. The molecular formula is C26H16ClN3O4S2. The lowest BCUT2D eigenvalue weighted by molar-refractivity contribution is 0.0970. The molecule has 0 radical (unpaired) electrons. The van der Waals surface area contributed by atoms with E-state index < -0.39 is 11.9 Å². The standard InChI is InChI=1S/C26H16ClN3O4S2/c27-16-9-10-19-18(12-16)22(32)20-21(15-7-4-8-17(31)11-15)30(24(33)23(20)34-19)25-28-29-26(36-25)35-13-14-5-2-1-3-6-14/h1-12,21,31H,13H2. The van der Waals surface area contributed by atoms with Crippen LogP contribution in [0.3, 0.4) is 0 Å². The molecule has 7 nitrogen and oxygen atoms in total. The molecule has 1 amide bonds. The summed E-state index contributed by atoms with van der Waals surface area (Å²) in [4.78, 5) is 28.7. The number of thioether (sulfide) groups is 1. The lowest BCUT2D eigenvalue weighted by Crippen LogP contribution is -2.29. The number of hydrogen-bond donors (Lipinski definition) is 1. The van der Waals surface area contributed by atoms with E-state index in [1.165, 1.54) is 46.2 Å². The molecule has 5 aromatic rings. The van der Waals surface area contributed by atoms with Crippen LogP contribution < -0.4 is 10.3 Å². The Morgan fingerprint density at radius 2 is 1.86 bits per heavy atom. The average Bonchev–Trinajstić information content (AvgIpc) is 3.46. The zero-order chi connectivity index (χ0) is 24.8. The van der Waals surface area contributed by atoms with Crippen LogP contribution in [0.25, 0.3) is 11.0 Å². The van der Waals surface area contributed by atoms with Gasteiger partial charge in [0.1, 0.15) is 11.3 Å². The first-order valence-electron chi connectivity index (χ1n) is 10.9. The summed E-state index contributed by atoms with van der Waals surface area (Å²) >= 11 is 8.91. The van der Waals surface area contributed by atoms with Crippen molar-refractivity contribution >= 4 is 56.7 Å². The first-order chi connectivity index (χ1) is 17.5. The van der Waals surface area contributed by atoms with Crippen LogP contribution in [-0.2, 0) is 5.75 Å². The molecule has 2 aromatic heterocycles. The van der Waals surface area contributed by atoms with Crippen molar-refractivity contribution in [2.75, 3.05) is 4.90 Å². The minimum atomic E-state index is -0.848. The SMILES string of the molecule is O=C1c2oc3ccc(Cl)cc3c(=O)c2C(c2cccc(O)c2)N1c1nnc(SCc2ccccc2)s1. The smallest absolute Gasteiger partial charge is 0.297 e. The van der Waals surface area contributed by atoms with Gasteiger partial charge < -0.3 is 9.52 Å². The molecule has 1 aliphatic heterocycles. The predicted molar refractivity (Wildman–Crippen MR) is 140 cm³/mol. The van der Waals surface area contributed by atoms with Crippen molar-refractivity contribution in [3.8, 4) is 5.75 Å².